The van der Waals surface area contributed by atoms with Gasteiger partial charge in [0.1, 0.15) is 11.7 Å². The summed E-state index contributed by atoms with van der Waals surface area (Å²) in [7, 11) is 0. The van der Waals surface area contributed by atoms with E-state index in [9.17, 15) is 9.59 Å². The van der Waals surface area contributed by atoms with Crippen LogP contribution in [0.4, 0.5) is 0 Å². The largest absolute Gasteiger partial charge is 0.342 e. The second-order valence-corrected chi connectivity index (χ2v) is 3.59. The van der Waals surface area contributed by atoms with Crippen molar-refractivity contribution < 1.29 is 9.59 Å². The summed E-state index contributed by atoms with van der Waals surface area (Å²) in [5, 5.41) is 11.0. The molecule has 1 aliphatic heterocycles. The van der Waals surface area contributed by atoms with Gasteiger partial charge in [0, 0.05) is 6.20 Å². The number of hydrogen-bond acceptors (Lipinski definition) is 4. The monoisotopic (exact) mass is 230 g/mol. The number of nitrogens with one attached hydrogen (secondary N) is 1. The number of aromatic nitrogens is 1. The Balaban J connectivity index is 1.82. The molecule has 1 aromatic rings. The van der Waals surface area contributed by atoms with Crippen molar-refractivity contribution in [3.63, 3.8) is 0 Å². The van der Waals surface area contributed by atoms with Gasteiger partial charge in [-0.25, -0.2) is 0 Å². The molecule has 2 rings (SSSR count). The van der Waals surface area contributed by atoms with Crippen LogP contribution in [0.15, 0.2) is 24.4 Å². The van der Waals surface area contributed by atoms with Crippen LogP contribution in [-0.2, 0) is 4.79 Å². The third-order valence-corrected chi connectivity index (χ3v) is 2.38. The smallest absolute Gasteiger partial charge is 0.270 e. The van der Waals surface area contributed by atoms with Crippen LogP contribution in [0.25, 0.3) is 0 Å². The Hall–Kier alpha value is -2.42. The van der Waals surface area contributed by atoms with E-state index in [1.165, 1.54) is 11.1 Å². The normalized spacial score (nSPS) is 17.1. The Kier molecular flexibility index (Phi) is 3.01. The molecule has 0 bridgehead atoms. The first-order valence-electron chi connectivity index (χ1n) is 5.10. The first kappa shape index (κ1) is 11.1. The highest BCUT2D eigenvalue weighted by molar-refractivity contribution is 5.95. The predicted octanol–water partition coefficient (Wildman–Crippen LogP) is -0.454. The van der Waals surface area contributed by atoms with Crippen LogP contribution in [0, 0.1) is 11.3 Å². The Morgan fingerprint density at radius 1 is 1.59 bits per heavy atom. The summed E-state index contributed by atoms with van der Waals surface area (Å²) in [6, 6.07) is 6.61. The van der Waals surface area contributed by atoms with Crippen LogP contribution in [0.1, 0.15) is 10.5 Å². The van der Waals surface area contributed by atoms with Gasteiger partial charge >= 0.3 is 0 Å². The number of carbonyl (C=O) groups excluding carboxylic acids is 2. The molecule has 1 saturated heterocycles. The number of nitriles is 1. The van der Waals surface area contributed by atoms with E-state index >= 15 is 0 Å². The summed E-state index contributed by atoms with van der Waals surface area (Å²) in [4.78, 5) is 28.2. The van der Waals surface area contributed by atoms with Crippen LogP contribution >= 0.6 is 0 Å². The molecule has 1 atom stereocenters. The first-order valence-corrected chi connectivity index (χ1v) is 5.10. The maximum atomic E-state index is 11.5. The molecule has 86 valence electrons. The number of hydrogen-bond donors (Lipinski definition) is 1. The molecule has 0 radical (unpaired) electrons. The van der Waals surface area contributed by atoms with Crippen molar-refractivity contribution in [3.8, 4) is 6.07 Å². The lowest BCUT2D eigenvalue weighted by Gasteiger charge is -2.04. The van der Waals surface area contributed by atoms with Crippen molar-refractivity contribution in [2.75, 3.05) is 13.1 Å². The SMILES string of the molecule is N#CC1CN1C(=O)CNC(=O)c1ccccn1. The maximum Gasteiger partial charge on any atom is 0.270 e. The first-order chi connectivity index (χ1) is 8.22. The molecule has 0 saturated carbocycles. The molecule has 2 heterocycles. The van der Waals surface area contributed by atoms with Crippen molar-refractivity contribution in [3.05, 3.63) is 30.1 Å². The lowest BCUT2D eigenvalue weighted by Crippen LogP contribution is -2.33. The number of nitrogens with zero attached hydrogens (tertiary/aromatic N) is 3. The van der Waals surface area contributed by atoms with Gasteiger partial charge in [-0.15, -0.1) is 0 Å². The van der Waals surface area contributed by atoms with E-state index in [2.05, 4.69) is 10.3 Å². The number of amides is 2. The molecule has 0 aliphatic carbocycles. The molecule has 6 heteroatoms. The fourth-order valence-electron chi connectivity index (χ4n) is 1.37. The minimum absolute atomic E-state index is 0.104. The summed E-state index contributed by atoms with van der Waals surface area (Å²) in [6.45, 7) is 0.350. The summed E-state index contributed by atoms with van der Waals surface area (Å²) < 4.78 is 0. The van der Waals surface area contributed by atoms with Gasteiger partial charge < -0.3 is 10.2 Å². The van der Waals surface area contributed by atoms with Crippen LogP contribution in [0.3, 0.4) is 0 Å². The summed E-state index contributed by atoms with van der Waals surface area (Å²) >= 11 is 0. The number of rotatable bonds is 3. The van der Waals surface area contributed by atoms with E-state index in [4.69, 9.17) is 5.26 Å². The lowest BCUT2D eigenvalue weighted by molar-refractivity contribution is -0.124. The van der Waals surface area contributed by atoms with E-state index in [0.717, 1.165) is 0 Å². The average Bonchev–Trinajstić information content (AvgIpc) is 3.16. The van der Waals surface area contributed by atoms with Gasteiger partial charge in [-0.1, -0.05) is 6.07 Å². The fraction of sp³-hybridized carbons (Fsp3) is 0.273. The minimum Gasteiger partial charge on any atom is -0.342 e. The zero-order chi connectivity index (χ0) is 12.3. The van der Waals surface area contributed by atoms with Crippen molar-refractivity contribution in [1.82, 2.24) is 15.2 Å². The molecule has 1 N–H and O–H groups in total. The highest BCUT2D eigenvalue weighted by atomic mass is 16.2. The van der Waals surface area contributed by atoms with E-state index < -0.39 is 5.91 Å². The second-order valence-electron chi connectivity index (χ2n) is 3.59. The molecular formula is C11H10N4O2. The fourth-order valence-corrected chi connectivity index (χ4v) is 1.37. The molecule has 2 amide bonds. The van der Waals surface area contributed by atoms with Crippen molar-refractivity contribution in [2.45, 2.75) is 6.04 Å². The second kappa shape index (κ2) is 4.61. The molecule has 1 aliphatic rings. The van der Waals surface area contributed by atoms with Gasteiger partial charge in [-0.3, -0.25) is 14.6 Å². The molecule has 1 unspecified atom stereocenters. The van der Waals surface area contributed by atoms with Crippen LogP contribution in [0.5, 0.6) is 0 Å². The molecule has 0 aromatic carbocycles. The van der Waals surface area contributed by atoms with E-state index in [-0.39, 0.29) is 24.2 Å². The maximum absolute atomic E-state index is 11.5. The number of pyridine rings is 1. The van der Waals surface area contributed by atoms with Crippen molar-refractivity contribution in [1.29, 1.82) is 5.26 Å². The molecule has 17 heavy (non-hydrogen) atoms. The summed E-state index contributed by atoms with van der Waals surface area (Å²) in [5.41, 5.74) is 0.267. The van der Waals surface area contributed by atoms with E-state index in [0.29, 0.717) is 6.54 Å². The molecule has 1 aromatic heterocycles. The predicted molar refractivity (Wildman–Crippen MR) is 57.7 cm³/mol. The van der Waals surface area contributed by atoms with E-state index in [1.54, 1.807) is 18.2 Å². The van der Waals surface area contributed by atoms with Gasteiger partial charge in [-0.2, -0.15) is 5.26 Å². The zero-order valence-electron chi connectivity index (χ0n) is 8.96. The molecule has 0 spiro atoms. The Morgan fingerprint density at radius 3 is 3.00 bits per heavy atom. The minimum atomic E-state index is -0.394. The quantitative estimate of drug-likeness (QED) is 0.712. The van der Waals surface area contributed by atoms with Crippen LogP contribution < -0.4 is 5.32 Å². The molecule has 6 nitrogen and oxygen atoms in total. The topological polar surface area (TPSA) is 85.9 Å². The van der Waals surface area contributed by atoms with Crippen LogP contribution in [0.2, 0.25) is 0 Å². The third kappa shape index (κ3) is 2.58. The Labute approximate surface area is 97.9 Å². The highest BCUT2D eigenvalue weighted by Gasteiger charge is 2.38. The number of carbonyl (C=O) groups is 2. The van der Waals surface area contributed by atoms with Gasteiger partial charge in [0.05, 0.1) is 19.2 Å². The third-order valence-electron chi connectivity index (χ3n) is 2.38. The standard InChI is InChI=1S/C11H10N4O2/c12-5-8-7-15(8)10(16)6-14-11(17)9-3-1-2-4-13-9/h1-4,8H,6-7H2,(H,14,17). The van der Waals surface area contributed by atoms with Crippen molar-refractivity contribution >= 4 is 11.8 Å². The lowest BCUT2D eigenvalue weighted by atomic mass is 10.3. The van der Waals surface area contributed by atoms with Gasteiger partial charge in [0.2, 0.25) is 5.91 Å². The highest BCUT2D eigenvalue weighted by Crippen LogP contribution is 2.15. The summed E-state index contributed by atoms with van der Waals surface area (Å²) in [6.07, 6.45) is 1.51. The molecule has 1 fully saturated rings. The van der Waals surface area contributed by atoms with Crippen molar-refractivity contribution in [2.24, 2.45) is 0 Å². The Bertz CT molecular complexity index is 480. The Morgan fingerprint density at radius 2 is 2.41 bits per heavy atom. The van der Waals surface area contributed by atoms with Gasteiger partial charge in [0.25, 0.3) is 5.91 Å². The zero-order valence-corrected chi connectivity index (χ0v) is 8.96. The van der Waals surface area contributed by atoms with Gasteiger partial charge in [0.15, 0.2) is 0 Å². The van der Waals surface area contributed by atoms with Gasteiger partial charge in [-0.05, 0) is 12.1 Å². The summed E-state index contributed by atoms with van der Waals surface area (Å²) in [5.74, 6) is -0.643. The van der Waals surface area contributed by atoms with Crippen LogP contribution in [-0.4, -0.2) is 40.8 Å². The van der Waals surface area contributed by atoms with E-state index in [1.807, 2.05) is 6.07 Å². The molecular weight excluding hydrogens is 220 g/mol. The average molecular weight is 230 g/mol.